The van der Waals surface area contributed by atoms with Gasteiger partial charge in [-0.05, 0) is 31.0 Å². The Balaban J connectivity index is 1.87. The van der Waals surface area contributed by atoms with Gasteiger partial charge in [-0.25, -0.2) is 9.37 Å². The molecule has 1 aromatic carbocycles. The van der Waals surface area contributed by atoms with Crippen LogP contribution in [0.15, 0.2) is 30.5 Å². The van der Waals surface area contributed by atoms with Crippen molar-refractivity contribution in [1.82, 2.24) is 10.3 Å². The molecule has 0 saturated carbocycles. The Hall–Kier alpha value is -3.16. The Labute approximate surface area is 156 Å². The maximum Gasteiger partial charge on any atom is 0.325 e. The van der Waals surface area contributed by atoms with Gasteiger partial charge in [-0.2, -0.15) is 0 Å². The number of benzene rings is 1. The van der Waals surface area contributed by atoms with Gasteiger partial charge in [0.25, 0.3) is 5.91 Å². The summed E-state index contributed by atoms with van der Waals surface area (Å²) in [6.45, 7) is 3.00. The highest BCUT2D eigenvalue weighted by Gasteiger charge is 2.19. The lowest BCUT2D eigenvalue weighted by Gasteiger charge is -2.14. The van der Waals surface area contributed by atoms with Crippen LogP contribution in [0.1, 0.15) is 28.5 Å². The van der Waals surface area contributed by atoms with E-state index in [2.05, 4.69) is 10.3 Å². The first kappa shape index (κ1) is 20.2. The van der Waals surface area contributed by atoms with Crippen LogP contribution in [-0.4, -0.2) is 41.7 Å². The predicted molar refractivity (Wildman–Crippen MR) is 95.2 cm³/mol. The van der Waals surface area contributed by atoms with Crippen LogP contribution in [0.3, 0.4) is 0 Å². The summed E-state index contributed by atoms with van der Waals surface area (Å²) >= 11 is 0. The van der Waals surface area contributed by atoms with E-state index >= 15 is 0 Å². The molecule has 0 spiro atoms. The van der Waals surface area contributed by atoms with E-state index < -0.39 is 30.3 Å². The van der Waals surface area contributed by atoms with Crippen LogP contribution in [0.4, 0.5) is 4.39 Å². The molecule has 8 heteroatoms. The van der Waals surface area contributed by atoms with Crippen LogP contribution >= 0.6 is 0 Å². The van der Waals surface area contributed by atoms with Crippen molar-refractivity contribution >= 4 is 11.9 Å². The summed E-state index contributed by atoms with van der Waals surface area (Å²) in [6, 6.07) is 6.23. The SMILES string of the molecule is COc1ccnc(C(=O)NCC(=O)OC(C)Cc2ccc(C)cc2F)c1O. The van der Waals surface area contributed by atoms with E-state index in [1.54, 1.807) is 26.0 Å². The van der Waals surface area contributed by atoms with Crippen LogP contribution in [-0.2, 0) is 16.0 Å². The number of aromatic hydroxyl groups is 1. The highest BCUT2D eigenvalue weighted by molar-refractivity contribution is 5.97. The lowest BCUT2D eigenvalue weighted by atomic mass is 10.1. The molecule has 0 fully saturated rings. The fraction of sp³-hybridized carbons (Fsp3) is 0.316. The van der Waals surface area contributed by atoms with Crippen molar-refractivity contribution in [2.75, 3.05) is 13.7 Å². The molecular formula is C19H21FN2O5. The van der Waals surface area contributed by atoms with Gasteiger partial charge in [-0.3, -0.25) is 9.59 Å². The summed E-state index contributed by atoms with van der Waals surface area (Å²) in [6.07, 6.45) is 0.934. The minimum Gasteiger partial charge on any atom is -0.503 e. The van der Waals surface area contributed by atoms with Crippen molar-refractivity contribution in [3.8, 4) is 11.5 Å². The second kappa shape index (κ2) is 8.98. The van der Waals surface area contributed by atoms with E-state index in [1.807, 2.05) is 0 Å². The lowest BCUT2D eigenvalue weighted by molar-refractivity contribution is -0.146. The molecule has 0 radical (unpaired) electrons. The largest absolute Gasteiger partial charge is 0.503 e. The number of amides is 1. The zero-order valence-electron chi connectivity index (χ0n) is 15.3. The van der Waals surface area contributed by atoms with Crippen molar-refractivity contribution in [3.63, 3.8) is 0 Å². The van der Waals surface area contributed by atoms with Crippen LogP contribution < -0.4 is 10.1 Å². The molecule has 1 aromatic heterocycles. The zero-order valence-corrected chi connectivity index (χ0v) is 15.3. The predicted octanol–water partition coefficient (Wildman–Crippen LogP) is 2.15. The maximum atomic E-state index is 13.9. The molecule has 2 N–H and O–H groups in total. The molecule has 2 aromatic rings. The number of carbonyl (C=O) groups is 2. The molecule has 1 heterocycles. The topological polar surface area (TPSA) is 97.8 Å². The highest BCUT2D eigenvalue weighted by Crippen LogP contribution is 2.27. The Morgan fingerprint density at radius 1 is 1.33 bits per heavy atom. The van der Waals surface area contributed by atoms with E-state index in [4.69, 9.17) is 9.47 Å². The van der Waals surface area contributed by atoms with E-state index in [0.717, 1.165) is 5.56 Å². The number of aryl methyl sites for hydroxylation is 1. The molecule has 1 amide bonds. The first-order chi connectivity index (χ1) is 12.8. The minimum absolute atomic E-state index is 0.0893. The number of methoxy groups -OCH3 is 1. The number of nitrogens with one attached hydrogen (secondary N) is 1. The molecule has 1 atom stereocenters. The molecule has 144 valence electrons. The van der Waals surface area contributed by atoms with Gasteiger partial charge < -0.3 is 19.9 Å². The van der Waals surface area contributed by atoms with Crippen molar-refractivity contribution in [1.29, 1.82) is 0 Å². The van der Waals surface area contributed by atoms with E-state index in [0.29, 0.717) is 5.56 Å². The Morgan fingerprint density at radius 2 is 2.07 bits per heavy atom. The normalized spacial score (nSPS) is 11.6. The van der Waals surface area contributed by atoms with Crippen LogP contribution in [0.5, 0.6) is 11.5 Å². The van der Waals surface area contributed by atoms with Gasteiger partial charge in [0.15, 0.2) is 17.2 Å². The summed E-state index contributed by atoms with van der Waals surface area (Å²) < 4.78 is 23.9. The number of pyridine rings is 1. The van der Waals surface area contributed by atoms with E-state index in [1.165, 1.54) is 25.4 Å². The fourth-order valence-corrected chi connectivity index (χ4v) is 2.44. The molecule has 0 bridgehead atoms. The quantitative estimate of drug-likeness (QED) is 0.719. The number of hydrogen-bond acceptors (Lipinski definition) is 6. The molecule has 0 aliphatic rings. The van der Waals surface area contributed by atoms with E-state index in [-0.39, 0.29) is 23.7 Å². The van der Waals surface area contributed by atoms with Crippen molar-refractivity contribution < 1.29 is 28.6 Å². The summed E-state index contributed by atoms with van der Waals surface area (Å²) in [5.41, 5.74) is 0.977. The van der Waals surface area contributed by atoms with Gasteiger partial charge in [-0.15, -0.1) is 0 Å². The number of ether oxygens (including phenoxy) is 2. The third-order valence-corrected chi connectivity index (χ3v) is 3.76. The second-order valence-corrected chi connectivity index (χ2v) is 5.99. The smallest absolute Gasteiger partial charge is 0.325 e. The highest BCUT2D eigenvalue weighted by atomic mass is 19.1. The molecule has 0 saturated heterocycles. The van der Waals surface area contributed by atoms with Gasteiger partial charge in [0.2, 0.25) is 0 Å². The average Bonchev–Trinajstić information content (AvgIpc) is 2.62. The van der Waals surface area contributed by atoms with Crippen molar-refractivity contribution in [3.05, 3.63) is 53.1 Å². The van der Waals surface area contributed by atoms with Gasteiger partial charge in [0.05, 0.1) is 7.11 Å². The van der Waals surface area contributed by atoms with Crippen LogP contribution in [0, 0.1) is 12.7 Å². The summed E-state index contributed by atoms with van der Waals surface area (Å²) in [5, 5.41) is 12.2. The van der Waals surface area contributed by atoms with Crippen molar-refractivity contribution in [2.24, 2.45) is 0 Å². The van der Waals surface area contributed by atoms with Gasteiger partial charge in [-0.1, -0.05) is 12.1 Å². The summed E-state index contributed by atoms with van der Waals surface area (Å²) in [4.78, 5) is 27.7. The minimum atomic E-state index is -0.749. The first-order valence-corrected chi connectivity index (χ1v) is 8.26. The standard InChI is InChI=1S/C19H21FN2O5/c1-11-4-5-13(14(20)8-11)9-12(2)27-16(23)10-22-19(25)17-18(24)15(26-3)6-7-21-17/h4-8,12,24H,9-10H2,1-3H3,(H,22,25). The fourth-order valence-electron chi connectivity index (χ4n) is 2.44. The van der Waals surface area contributed by atoms with Gasteiger partial charge >= 0.3 is 5.97 Å². The lowest BCUT2D eigenvalue weighted by Crippen LogP contribution is -2.33. The molecular weight excluding hydrogens is 355 g/mol. The number of halogens is 1. The number of carbonyl (C=O) groups excluding carboxylic acids is 2. The molecule has 2 rings (SSSR count). The van der Waals surface area contributed by atoms with Crippen LogP contribution in [0.2, 0.25) is 0 Å². The zero-order chi connectivity index (χ0) is 20.0. The van der Waals surface area contributed by atoms with E-state index in [9.17, 15) is 19.1 Å². The summed E-state index contributed by atoms with van der Waals surface area (Å²) in [7, 11) is 1.34. The Kier molecular flexibility index (Phi) is 6.70. The van der Waals surface area contributed by atoms with Crippen LogP contribution in [0.25, 0.3) is 0 Å². The third kappa shape index (κ3) is 5.40. The Bertz CT molecular complexity index is 841. The van der Waals surface area contributed by atoms with Crippen molar-refractivity contribution in [2.45, 2.75) is 26.4 Å². The number of esters is 1. The summed E-state index contributed by atoms with van der Waals surface area (Å²) in [5.74, 6) is -2.13. The number of aromatic nitrogens is 1. The third-order valence-electron chi connectivity index (χ3n) is 3.76. The number of rotatable bonds is 7. The molecule has 0 aliphatic carbocycles. The Morgan fingerprint density at radius 3 is 2.74 bits per heavy atom. The monoisotopic (exact) mass is 376 g/mol. The maximum absolute atomic E-state index is 13.9. The molecule has 27 heavy (non-hydrogen) atoms. The second-order valence-electron chi connectivity index (χ2n) is 5.99. The number of nitrogens with zero attached hydrogens (tertiary/aromatic N) is 1. The van der Waals surface area contributed by atoms with Gasteiger partial charge in [0.1, 0.15) is 18.5 Å². The molecule has 7 nitrogen and oxygen atoms in total. The average molecular weight is 376 g/mol. The first-order valence-electron chi connectivity index (χ1n) is 8.26. The molecule has 1 unspecified atom stereocenters. The molecule has 0 aliphatic heterocycles. The van der Waals surface area contributed by atoms with Gasteiger partial charge in [0, 0.05) is 18.7 Å². The number of hydrogen-bond donors (Lipinski definition) is 2.